The molecule has 4 heterocycles. The molecule has 0 amide bonds. The van der Waals surface area contributed by atoms with Crippen molar-refractivity contribution in [1.82, 2.24) is 30.0 Å². The first-order valence-electron chi connectivity index (χ1n) is 11.7. The van der Waals surface area contributed by atoms with Crippen LogP contribution in [0.4, 0.5) is 15.9 Å². The highest BCUT2D eigenvalue weighted by molar-refractivity contribution is 5.73. The normalized spacial score (nSPS) is 13.7. The van der Waals surface area contributed by atoms with E-state index in [1.54, 1.807) is 6.92 Å². The van der Waals surface area contributed by atoms with Gasteiger partial charge in [-0.3, -0.25) is 9.20 Å². The van der Waals surface area contributed by atoms with Crippen LogP contribution in [0.25, 0.3) is 17.0 Å². The Balaban J connectivity index is 1.33. The molecule has 180 valence electrons. The van der Waals surface area contributed by atoms with E-state index in [2.05, 4.69) is 43.0 Å². The van der Waals surface area contributed by atoms with E-state index in [0.717, 1.165) is 24.3 Å². The first kappa shape index (κ1) is 21.9. The summed E-state index contributed by atoms with van der Waals surface area (Å²) in [6, 6.07) is 19.2. The van der Waals surface area contributed by atoms with Gasteiger partial charge in [-0.25, -0.2) is 9.37 Å². The number of benzene rings is 2. The van der Waals surface area contributed by atoms with Crippen LogP contribution in [0.5, 0.6) is 0 Å². The summed E-state index contributed by atoms with van der Waals surface area (Å²) < 4.78 is 15.9. The number of aromatic nitrogens is 6. The second-order valence-electron chi connectivity index (χ2n) is 8.89. The number of H-pyrrole nitrogens is 1. The zero-order valence-electron chi connectivity index (χ0n) is 19.5. The molecule has 6 rings (SSSR count). The van der Waals surface area contributed by atoms with Gasteiger partial charge in [-0.1, -0.05) is 42.5 Å². The molecule has 0 radical (unpaired) electrons. The average molecular weight is 483 g/mol. The lowest BCUT2D eigenvalue weighted by molar-refractivity contribution is 0.518. The van der Waals surface area contributed by atoms with Crippen molar-refractivity contribution in [1.29, 1.82) is 0 Å². The van der Waals surface area contributed by atoms with Gasteiger partial charge in [0, 0.05) is 48.6 Å². The van der Waals surface area contributed by atoms with E-state index in [4.69, 9.17) is 4.98 Å². The monoisotopic (exact) mass is 482 g/mol. The van der Waals surface area contributed by atoms with Gasteiger partial charge in [0.05, 0.1) is 5.56 Å². The Morgan fingerprint density at radius 1 is 1.11 bits per heavy atom. The molecule has 9 nitrogen and oxygen atoms in total. The van der Waals surface area contributed by atoms with Crippen molar-refractivity contribution in [3.05, 3.63) is 99.7 Å². The number of hydrogen-bond donors (Lipinski definition) is 2. The number of tetrazole rings is 1. The van der Waals surface area contributed by atoms with E-state index in [-0.39, 0.29) is 12.1 Å². The van der Waals surface area contributed by atoms with Crippen LogP contribution in [0, 0.1) is 12.7 Å². The molecule has 0 aliphatic carbocycles. The maximum absolute atomic E-state index is 14.6. The van der Waals surface area contributed by atoms with Crippen molar-refractivity contribution in [2.75, 3.05) is 23.3 Å². The summed E-state index contributed by atoms with van der Waals surface area (Å²) in [6.45, 7) is 3.55. The predicted octanol–water partition coefficient (Wildman–Crippen LogP) is 3.54. The van der Waals surface area contributed by atoms with E-state index < -0.39 is 5.82 Å². The Morgan fingerprint density at radius 3 is 2.67 bits per heavy atom. The molecular formula is C26H23FN8O. The van der Waals surface area contributed by atoms with Gasteiger partial charge in [0.15, 0.2) is 0 Å². The molecule has 5 aromatic rings. The third kappa shape index (κ3) is 3.86. The van der Waals surface area contributed by atoms with Gasteiger partial charge in [0.25, 0.3) is 5.56 Å². The van der Waals surface area contributed by atoms with Crippen LogP contribution >= 0.6 is 0 Å². The smallest absolute Gasteiger partial charge is 0.262 e. The molecule has 1 aliphatic heterocycles. The van der Waals surface area contributed by atoms with Crippen molar-refractivity contribution < 1.29 is 4.39 Å². The number of hydrogen-bond acceptors (Lipinski definition) is 7. The van der Waals surface area contributed by atoms with Gasteiger partial charge < -0.3 is 10.2 Å². The van der Waals surface area contributed by atoms with Crippen LogP contribution in [0.3, 0.4) is 0 Å². The number of nitrogens with zero attached hydrogens (tertiary/aromatic N) is 6. The lowest BCUT2D eigenvalue weighted by atomic mass is 9.91. The topological polar surface area (TPSA) is 104 Å². The van der Waals surface area contributed by atoms with Gasteiger partial charge in [-0.05, 0) is 35.9 Å². The minimum absolute atomic E-state index is 0.248. The first-order chi connectivity index (χ1) is 17.6. The number of halogens is 1. The van der Waals surface area contributed by atoms with Crippen LogP contribution in [0.1, 0.15) is 22.6 Å². The van der Waals surface area contributed by atoms with Crippen molar-refractivity contribution in [3.8, 4) is 11.4 Å². The van der Waals surface area contributed by atoms with Crippen molar-refractivity contribution >= 4 is 17.2 Å². The number of nitrogens with one attached hydrogen (secondary N) is 2. The van der Waals surface area contributed by atoms with Crippen molar-refractivity contribution in [2.45, 2.75) is 19.4 Å². The standard InChI is InChI=1S/C26H23FN8O/c1-16-24(34-13-19(14-34)17-7-3-2-4-8-17)29-25-18(11-20(27)15-35(25)26(16)36)12-28-22-10-6-5-9-21(22)23-30-32-33-31-23/h2-11,15,19,28H,12-14H2,1H3,(H,30,31,32,33). The SMILES string of the molecule is Cc1c(N2CC(c3ccccc3)C2)nc2c(CNc3ccccc3-c3nn[nH]n3)cc(F)cn2c1=O. The van der Waals surface area contributed by atoms with Crippen LogP contribution in [-0.2, 0) is 6.54 Å². The molecule has 10 heteroatoms. The summed E-state index contributed by atoms with van der Waals surface area (Å²) in [5, 5.41) is 17.5. The van der Waals surface area contributed by atoms with Gasteiger partial charge in [0.1, 0.15) is 17.3 Å². The van der Waals surface area contributed by atoms with E-state index in [1.807, 2.05) is 42.5 Å². The maximum Gasteiger partial charge on any atom is 0.262 e. The van der Waals surface area contributed by atoms with E-state index in [0.29, 0.717) is 34.3 Å². The summed E-state index contributed by atoms with van der Waals surface area (Å²) in [5.41, 5.74) is 4.00. The molecule has 36 heavy (non-hydrogen) atoms. The Morgan fingerprint density at radius 2 is 1.89 bits per heavy atom. The fourth-order valence-corrected chi connectivity index (χ4v) is 4.67. The number of fused-ring (bicyclic) bond motifs is 1. The molecule has 0 bridgehead atoms. The molecule has 0 unspecified atom stereocenters. The molecular weight excluding hydrogens is 459 g/mol. The van der Waals surface area contributed by atoms with E-state index in [9.17, 15) is 9.18 Å². The number of anilines is 2. The minimum Gasteiger partial charge on any atom is -0.380 e. The second kappa shape index (κ2) is 8.88. The van der Waals surface area contributed by atoms with Gasteiger partial charge in [-0.15, -0.1) is 10.2 Å². The van der Waals surface area contributed by atoms with Crippen LogP contribution in [0.2, 0.25) is 0 Å². The summed E-state index contributed by atoms with van der Waals surface area (Å²) in [4.78, 5) is 20.2. The van der Waals surface area contributed by atoms with E-state index in [1.165, 1.54) is 22.2 Å². The molecule has 0 atom stereocenters. The van der Waals surface area contributed by atoms with Gasteiger partial charge in [0.2, 0.25) is 5.82 Å². The van der Waals surface area contributed by atoms with Gasteiger partial charge in [-0.2, -0.15) is 5.21 Å². The Hall–Kier alpha value is -4.60. The summed E-state index contributed by atoms with van der Waals surface area (Å²) in [6.07, 6.45) is 1.20. The van der Waals surface area contributed by atoms with Crippen LogP contribution < -0.4 is 15.8 Å². The van der Waals surface area contributed by atoms with Crippen molar-refractivity contribution in [3.63, 3.8) is 0 Å². The number of para-hydroxylation sites is 1. The molecule has 0 saturated carbocycles. The molecule has 0 spiro atoms. The van der Waals surface area contributed by atoms with E-state index >= 15 is 0 Å². The first-order valence-corrected chi connectivity index (χ1v) is 11.7. The molecule has 1 fully saturated rings. The zero-order valence-corrected chi connectivity index (χ0v) is 19.5. The Labute approximate surface area is 205 Å². The molecule has 1 saturated heterocycles. The average Bonchev–Trinajstić information content (AvgIpc) is 3.41. The predicted molar refractivity (Wildman–Crippen MR) is 134 cm³/mol. The third-order valence-electron chi connectivity index (χ3n) is 6.60. The lowest BCUT2D eigenvalue weighted by Gasteiger charge is -2.41. The van der Waals surface area contributed by atoms with Gasteiger partial charge >= 0.3 is 0 Å². The zero-order chi connectivity index (χ0) is 24.6. The Bertz CT molecular complexity index is 1590. The van der Waals surface area contributed by atoms with Crippen LogP contribution in [-0.4, -0.2) is 43.1 Å². The fraction of sp³-hybridized carbons (Fsp3) is 0.192. The van der Waals surface area contributed by atoms with Crippen LogP contribution in [0.15, 0.2) is 71.7 Å². The highest BCUT2D eigenvalue weighted by Gasteiger charge is 2.31. The molecule has 3 aromatic heterocycles. The quantitative estimate of drug-likeness (QED) is 0.382. The minimum atomic E-state index is -0.505. The Kier molecular flexibility index (Phi) is 5.40. The molecule has 2 aromatic carbocycles. The number of aromatic amines is 1. The summed E-state index contributed by atoms with van der Waals surface area (Å²) in [5.74, 6) is 0.976. The second-order valence-corrected chi connectivity index (χ2v) is 8.89. The highest BCUT2D eigenvalue weighted by atomic mass is 19.1. The summed E-state index contributed by atoms with van der Waals surface area (Å²) >= 11 is 0. The third-order valence-corrected chi connectivity index (χ3v) is 6.60. The fourth-order valence-electron chi connectivity index (χ4n) is 4.67. The summed E-state index contributed by atoms with van der Waals surface area (Å²) in [7, 11) is 0. The number of rotatable bonds is 6. The highest BCUT2D eigenvalue weighted by Crippen LogP contribution is 2.32. The molecule has 2 N–H and O–H groups in total. The number of pyridine rings is 1. The lowest BCUT2D eigenvalue weighted by Crippen LogP contribution is -2.46. The van der Waals surface area contributed by atoms with Crippen molar-refractivity contribution in [2.24, 2.45) is 0 Å². The largest absolute Gasteiger partial charge is 0.380 e. The molecule has 1 aliphatic rings. The maximum atomic E-state index is 14.6.